The fourth-order valence-corrected chi connectivity index (χ4v) is 5.38. The van der Waals surface area contributed by atoms with Gasteiger partial charge in [-0.15, -0.1) is 10.2 Å². The van der Waals surface area contributed by atoms with Gasteiger partial charge in [0.05, 0.1) is 5.41 Å². The maximum absolute atomic E-state index is 13.0. The summed E-state index contributed by atoms with van der Waals surface area (Å²) in [4.78, 5) is 39.4. The highest BCUT2D eigenvalue weighted by Crippen LogP contribution is 2.59. The Morgan fingerprint density at radius 2 is 2.07 bits per heavy atom. The molecule has 1 saturated carbocycles. The van der Waals surface area contributed by atoms with Gasteiger partial charge in [-0.05, 0) is 31.1 Å². The summed E-state index contributed by atoms with van der Waals surface area (Å²) in [6.45, 7) is 6.29. The molecule has 8 nitrogen and oxygen atoms in total. The molecular weight excluding hydrogens is 368 g/mol. The first-order valence-electron chi connectivity index (χ1n) is 9.35. The van der Waals surface area contributed by atoms with E-state index in [0.29, 0.717) is 24.6 Å². The number of nitrogens with one attached hydrogen (secondary N) is 1. The molecule has 3 fully saturated rings. The summed E-state index contributed by atoms with van der Waals surface area (Å²) in [5, 5.41) is 11.8. The van der Waals surface area contributed by atoms with Crippen LogP contribution >= 0.6 is 11.3 Å². The predicted octanol–water partition coefficient (Wildman–Crippen LogP) is 2.14. The minimum atomic E-state index is -0.610. The Balaban J connectivity index is 1.44. The normalized spacial score (nSPS) is 32.2. The van der Waals surface area contributed by atoms with Crippen molar-refractivity contribution in [3.8, 4) is 0 Å². The quantitative estimate of drug-likeness (QED) is 0.788. The predicted molar refractivity (Wildman–Crippen MR) is 97.8 cm³/mol. The molecule has 2 saturated heterocycles. The van der Waals surface area contributed by atoms with Crippen LogP contribution < -0.4 is 5.32 Å². The van der Waals surface area contributed by atoms with E-state index in [1.807, 2.05) is 20.8 Å². The molecule has 0 spiro atoms. The van der Waals surface area contributed by atoms with E-state index in [1.54, 1.807) is 0 Å². The number of ether oxygens (including phenoxy) is 1. The van der Waals surface area contributed by atoms with E-state index in [4.69, 9.17) is 4.74 Å². The molecule has 1 aliphatic carbocycles. The van der Waals surface area contributed by atoms with Crippen molar-refractivity contribution >= 4 is 34.2 Å². The molecule has 146 valence electrons. The third kappa shape index (κ3) is 2.79. The molecule has 1 aromatic rings. The van der Waals surface area contributed by atoms with Crippen LogP contribution in [0, 0.1) is 16.7 Å². The molecule has 3 unspecified atom stereocenters. The standard InChI is InChI=1S/C18H24N4O4S/c1-17(2)10-6-7-18(17,3)15(25)22(14(10)24)9-12(23)19-16-21-20-13(27-16)11-5-4-8-26-11/h10-11H,4-9H2,1-3H3,(H,19,21,23). The number of rotatable bonds is 4. The molecule has 9 heteroatoms. The van der Waals surface area contributed by atoms with Gasteiger partial charge in [0.2, 0.25) is 22.9 Å². The summed E-state index contributed by atoms with van der Waals surface area (Å²) < 4.78 is 5.57. The Kier molecular flexibility index (Phi) is 4.34. The van der Waals surface area contributed by atoms with Crippen molar-refractivity contribution in [1.82, 2.24) is 15.1 Å². The fraction of sp³-hybridized carbons (Fsp3) is 0.722. The van der Waals surface area contributed by atoms with E-state index in [1.165, 1.54) is 11.3 Å². The number of likely N-dealkylation sites (tertiary alicyclic amines) is 1. The number of carbonyl (C=O) groups is 3. The van der Waals surface area contributed by atoms with Crippen LogP contribution in [-0.4, -0.2) is 46.0 Å². The van der Waals surface area contributed by atoms with Crippen molar-refractivity contribution < 1.29 is 19.1 Å². The van der Waals surface area contributed by atoms with Crippen molar-refractivity contribution in [2.75, 3.05) is 18.5 Å². The van der Waals surface area contributed by atoms with Crippen molar-refractivity contribution in [2.24, 2.45) is 16.7 Å². The van der Waals surface area contributed by atoms with E-state index >= 15 is 0 Å². The van der Waals surface area contributed by atoms with E-state index in [9.17, 15) is 14.4 Å². The summed E-state index contributed by atoms with van der Waals surface area (Å²) >= 11 is 1.27. The van der Waals surface area contributed by atoms with E-state index in [0.717, 1.165) is 22.7 Å². The SMILES string of the molecule is CC12CCC(C(=O)N(CC(=O)Nc3nnc(C4CCCO4)s3)C1=O)C2(C)C. The van der Waals surface area contributed by atoms with Crippen molar-refractivity contribution in [3.05, 3.63) is 5.01 Å². The van der Waals surface area contributed by atoms with E-state index in [2.05, 4.69) is 15.5 Å². The average molecular weight is 392 g/mol. The van der Waals surface area contributed by atoms with Gasteiger partial charge in [0.25, 0.3) is 0 Å². The van der Waals surface area contributed by atoms with Crippen LogP contribution in [0.5, 0.6) is 0 Å². The maximum Gasteiger partial charge on any atom is 0.246 e. The highest BCUT2D eigenvalue weighted by molar-refractivity contribution is 7.15. The highest BCUT2D eigenvalue weighted by atomic mass is 32.1. The number of anilines is 1. The zero-order valence-electron chi connectivity index (χ0n) is 15.8. The topological polar surface area (TPSA) is 101 Å². The third-order valence-electron chi connectivity index (χ3n) is 6.70. The summed E-state index contributed by atoms with van der Waals surface area (Å²) in [5.41, 5.74) is -0.995. The Morgan fingerprint density at radius 3 is 2.78 bits per heavy atom. The Hall–Kier alpha value is -1.87. The molecule has 4 rings (SSSR count). The second kappa shape index (κ2) is 6.34. The van der Waals surface area contributed by atoms with Crippen LogP contribution in [0.4, 0.5) is 5.13 Å². The van der Waals surface area contributed by atoms with Gasteiger partial charge in [-0.1, -0.05) is 32.1 Å². The van der Waals surface area contributed by atoms with Crippen LogP contribution in [0.3, 0.4) is 0 Å². The van der Waals surface area contributed by atoms with Crippen LogP contribution in [-0.2, 0) is 19.1 Å². The summed E-state index contributed by atoms with van der Waals surface area (Å²) in [6, 6.07) is 0. The number of nitrogens with zero attached hydrogens (tertiary/aromatic N) is 3. The largest absolute Gasteiger partial charge is 0.371 e. The lowest BCUT2D eigenvalue weighted by atomic mass is 9.62. The molecule has 1 N–H and O–H groups in total. The van der Waals surface area contributed by atoms with Crippen molar-refractivity contribution in [1.29, 1.82) is 0 Å². The zero-order chi connectivity index (χ0) is 19.4. The number of hydrogen-bond donors (Lipinski definition) is 1. The van der Waals surface area contributed by atoms with Crippen LogP contribution in [0.25, 0.3) is 0 Å². The molecule has 3 atom stereocenters. The monoisotopic (exact) mass is 392 g/mol. The molecule has 1 aromatic heterocycles. The van der Waals surface area contributed by atoms with Gasteiger partial charge in [-0.25, -0.2) is 0 Å². The van der Waals surface area contributed by atoms with Gasteiger partial charge in [0, 0.05) is 12.5 Å². The number of fused-ring (bicyclic) bond motifs is 2. The number of amides is 3. The minimum Gasteiger partial charge on any atom is -0.371 e. The lowest BCUT2D eigenvalue weighted by molar-refractivity contribution is -0.168. The molecule has 3 amide bonds. The first kappa shape index (κ1) is 18.5. The minimum absolute atomic E-state index is 0.0591. The summed E-state index contributed by atoms with van der Waals surface area (Å²) in [7, 11) is 0. The smallest absolute Gasteiger partial charge is 0.246 e. The van der Waals surface area contributed by atoms with Crippen LogP contribution in [0.2, 0.25) is 0 Å². The number of hydrogen-bond acceptors (Lipinski definition) is 7. The number of piperidine rings is 1. The third-order valence-corrected chi connectivity index (χ3v) is 7.63. The Bertz CT molecular complexity index is 801. The lowest BCUT2D eigenvalue weighted by Gasteiger charge is -2.47. The first-order valence-corrected chi connectivity index (χ1v) is 10.2. The van der Waals surface area contributed by atoms with Gasteiger partial charge in [-0.3, -0.25) is 24.6 Å². The van der Waals surface area contributed by atoms with Gasteiger partial charge in [0.1, 0.15) is 17.7 Å². The fourth-order valence-electron chi connectivity index (χ4n) is 4.54. The summed E-state index contributed by atoms with van der Waals surface area (Å²) in [6.07, 6.45) is 3.19. The molecule has 0 aromatic carbocycles. The second-order valence-electron chi connectivity index (χ2n) is 8.37. The first-order chi connectivity index (χ1) is 12.7. The molecule has 2 aliphatic heterocycles. The van der Waals surface area contributed by atoms with Crippen LogP contribution in [0.1, 0.15) is 57.6 Å². The van der Waals surface area contributed by atoms with Gasteiger partial charge < -0.3 is 4.74 Å². The van der Waals surface area contributed by atoms with E-state index in [-0.39, 0.29) is 35.8 Å². The maximum atomic E-state index is 13.0. The lowest BCUT2D eigenvalue weighted by Crippen LogP contribution is -2.60. The van der Waals surface area contributed by atoms with Crippen molar-refractivity contribution in [2.45, 2.75) is 52.6 Å². The zero-order valence-corrected chi connectivity index (χ0v) is 16.6. The Labute approximate surface area is 161 Å². The molecular formula is C18H24N4O4S. The highest BCUT2D eigenvalue weighted by Gasteiger charge is 2.64. The van der Waals surface area contributed by atoms with Gasteiger partial charge in [-0.2, -0.15) is 0 Å². The Morgan fingerprint density at radius 1 is 1.30 bits per heavy atom. The molecule has 3 aliphatic rings. The number of aromatic nitrogens is 2. The van der Waals surface area contributed by atoms with Gasteiger partial charge >= 0.3 is 0 Å². The summed E-state index contributed by atoms with van der Waals surface area (Å²) in [5.74, 6) is -1.15. The van der Waals surface area contributed by atoms with E-state index < -0.39 is 11.3 Å². The number of imide groups is 1. The molecule has 27 heavy (non-hydrogen) atoms. The number of carbonyl (C=O) groups excluding carboxylic acids is 3. The molecule has 2 bridgehead atoms. The average Bonchev–Trinajstić information content (AvgIpc) is 3.31. The van der Waals surface area contributed by atoms with Crippen LogP contribution in [0.15, 0.2) is 0 Å². The van der Waals surface area contributed by atoms with Gasteiger partial charge in [0.15, 0.2) is 0 Å². The second-order valence-corrected chi connectivity index (χ2v) is 9.38. The molecule has 0 radical (unpaired) electrons. The van der Waals surface area contributed by atoms with Crippen molar-refractivity contribution in [3.63, 3.8) is 0 Å². The molecule has 3 heterocycles.